The molecule has 0 fully saturated rings. The monoisotopic (exact) mass is 308 g/mol. The van der Waals surface area contributed by atoms with Gasteiger partial charge in [-0.15, -0.1) is 11.6 Å². The van der Waals surface area contributed by atoms with Crippen LogP contribution in [0, 0.1) is 0 Å². The van der Waals surface area contributed by atoms with Crippen molar-refractivity contribution in [3.05, 3.63) is 11.1 Å². The van der Waals surface area contributed by atoms with E-state index in [2.05, 4.69) is 10.3 Å². The third-order valence-electron chi connectivity index (χ3n) is 1.95. The quantitative estimate of drug-likeness (QED) is 0.741. The van der Waals surface area contributed by atoms with Crippen LogP contribution in [0.3, 0.4) is 0 Å². The summed E-state index contributed by atoms with van der Waals surface area (Å²) in [5.41, 5.74) is -0.599. The highest BCUT2D eigenvalue weighted by atomic mass is 35.5. The molecule has 0 aliphatic rings. The Labute approximate surface area is 120 Å². The number of carbonyl (C=O) groups excluding carboxylic acids is 1. The minimum Gasteiger partial charge on any atom is -0.444 e. The predicted octanol–water partition coefficient (Wildman–Crippen LogP) is 2.12. The topological polar surface area (TPSA) is 91.7 Å². The van der Waals surface area contributed by atoms with Crippen LogP contribution in [0.2, 0.25) is 0 Å². The molecule has 8 heteroatoms. The molecule has 19 heavy (non-hydrogen) atoms. The Morgan fingerprint density at radius 1 is 1.58 bits per heavy atom. The van der Waals surface area contributed by atoms with Crippen molar-refractivity contribution in [2.75, 3.05) is 11.2 Å². The number of aliphatic hydroxyl groups excluding tert-OH is 2. The van der Waals surface area contributed by atoms with Gasteiger partial charge in [0, 0.05) is 6.20 Å². The maximum atomic E-state index is 11.5. The molecular weight excluding hydrogens is 292 g/mol. The van der Waals surface area contributed by atoms with Crippen LogP contribution in [0.25, 0.3) is 0 Å². The number of aliphatic hydroxyl groups is 2. The Kier molecular flexibility index (Phi) is 5.54. The highest BCUT2D eigenvalue weighted by Gasteiger charge is 2.21. The number of nitrogens with zero attached hydrogens (tertiary/aromatic N) is 1. The van der Waals surface area contributed by atoms with Crippen molar-refractivity contribution in [2.45, 2.75) is 38.6 Å². The number of aromatic nitrogens is 1. The van der Waals surface area contributed by atoms with E-state index in [1.54, 1.807) is 20.8 Å². The molecule has 108 valence electrons. The van der Waals surface area contributed by atoms with Gasteiger partial charge in [0.25, 0.3) is 0 Å². The molecule has 2 unspecified atom stereocenters. The van der Waals surface area contributed by atoms with Gasteiger partial charge in [-0.2, -0.15) is 0 Å². The molecule has 1 aromatic heterocycles. The lowest BCUT2D eigenvalue weighted by molar-refractivity contribution is 0.0349. The first-order chi connectivity index (χ1) is 8.73. The zero-order chi connectivity index (χ0) is 14.6. The second-order valence-corrected chi connectivity index (χ2v) is 6.23. The molecule has 2 atom stereocenters. The fourth-order valence-electron chi connectivity index (χ4n) is 1.15. The summed E-state index contributed by atoms with van der Waals surface area (Å²) in [5.74, 6) is -0.0894. The molecule has 6 nitrogen and oxygen atoms in total. The standard InChI is InChI=1S/C11H17ClN2O4S/c1-11(2,3)18-10(17)14-9-13-5-7(19-9)8(16)6(15)4-12/h5-6,8,15-16H,4H2,1-3H3,(H,13,14,17). The summed E-state index contributed by atoms with van der Waals surface area (Å²) in [6.45, 7) is 5.25. The number of ether oxygens (including phenoxy) is 1. The number of carbonyl (C=O) groups is 1. The summed E-state index contributed by atoms with van der Waals surface area (Å²) < 4.78 is 5.06. The molecule has 0 aromatic carbocycles. The van der Waals surface area contributed by atoms with E-state index in [1.165, 1.54) is 6.20 Å². The van der Waals surface area contributed by atoms with Crippen LogP contribution in [0.4, 0.5) is 9.93 Å². The number of nitrogens with one attached hydrogen (secondary N) is 1. The molecule has 0 aliphatic carbocycles. The lowest BCUT2D eigenvalue weighted by Crippen LogP contribution is -2.27. The van der Waals surface area contributed by atoms with Crippen molar-refractivity contribution >= 4 is 34.2 Å². The molecule has 0 bridgehead atoms. The largest absolute Gasteiger partial charge is 0.444 e. The molecule has 1 aromatic rings. The van der Waals surface area contributed by atoms with Crippen molar-refractivity contribution in [2.24, 2.45) is 0 Å². The van der Waals surface area contributed by atoms with Crippen molar-refractivity contribution in [1.29, 1.82) is 0 Å². The lowest BCUT2D eigenvalue weighted by atomic mass is 10.2. The number of anilines is 1. The Bertz CT molecular complexity index is 433. The molecule has 1 heterocycles. The summed E-state index contributed by atoms with van der Waals surface area (Å²) in [7, 11) is 0. The van der Waals surface area contributed by atoms with Gasteiger partial charge in [0.05, 0.1) is 16.9 Å². The normalized spacial score (nSPS) is 14.8. The lowest BCUT2D eigenvalue weighted by Gasteiger charge is -2.18. The third kappa shape index (κ3) is 5.32. The van der Waals surface area contributed by atoms with Crippen LogP contribution in [0.5, 0.6) is 0 Å². The first-order valence-electron chi connectivity index (χ1n) is 5.61. The molecule has 1 rings (SSSR count). The van der Waals surface area contributed by atoms with Crippen molar-refractivity contribution in [1.82, 2.24) is 4.98 Å². The van der Waals surface area contributed by atoms with Crippen LogP contribution < -0.4 is 5.32 Å². The molecule has 0 radical (unpaired) electrons. The third-order valence-corrected chi connectivity index (χ3v) is 3.25. The van der Waals surface area contributed by atoms with Crippen molar-refractivity contribution in [3.63, 3.8) is 0 Å². The molecule has 0 saturated heterocycles. The maximum absolute atomic E-state index is 11.5. The second kappa shape index (κ2) is 6.51. The van der Waals surface area contributed by atoms with Gasteiger partial charge >= 0.3 is 6.09 Å². The molecule has 1 amide bonds. The Hall–Kier alpha value is -0.890. The van der Waals surface area contributed by atoms with E-state index < -0.39 is 23.9 Å². The number of hydrogen-bond donors (Lipinski definition) is 3. The van der Waals surface area contributed by atoms with E-state index in [0.717, 1.165) is 11.3 Å². The van der Waals surface area contributed by atoms with Crippen molar-refractivity contribution < 1.29 is 19.7 Å². The highest BCUT2D eigenvalue weighted by molar-refractivity contribution is 7.15. The van der Waals surface area contributed by atoms with Crippen LogP contribution in [-0.4, -0.2) is 38.9 Å². The van der Waals surface area contributed by atoms with Gasteiger partial charge in [-0.05, 0) is 20.8 Å². The van der Waals surface area contributed by atoms with Crippen LogP contribution in [-0.2, 0) is 4.74 Å². The van der Waals surface area contributed by atoms with E-state index in [0.29, 0.717) is 4.88 Å². The van der Waals surface area contributed by atoms with E-state index >= 15 is 0 Å². The number of halogens is 1. The Morgan fingerprint density at radius 2 is 2.21 bits per heavy atom. The zero-order valence-corrected chi connectivity index (χ0v) is 12.5. The number of thiazole rings is 1. The SMILES string of the molecule is CC(C)(C)OC(=O)Nc1ncc(C(O)C(O)CCl)s1. The second-order valence-electron chi connectivity index (χ2n) is 4.86. The first kappa shape index (κ1) is 16.2. The van der Waals surface area contributed by atoms with E-state index in [4.69, 9.17) is 16.3 Å². The summed E-state index contributed by atoms with van der Waals surface area (Å²) in [5, 5.41) is 21.9. The highest BCUT2D eigenvalue weighted by Crippen LogP contribution is 2.27. The smallest absolute Gasteiger partial charge is 0.413 e. The Morgan fingerprint density at radius 3 is 2.74 bits per heavy atom. The minimum atomic E-state index is -1.12. The van der Waals surface area contributed by atoms with Gasteiger partial charge in [-0.25, -0.2) is 9.78 Å². The van der Waals surface area contributed by atoms with E-state index in [-0.39, 0.29) is 11.0 Å². The van der Waals surface area contributed by atoms with Gasteiger partial charge in [0.1, 0.15) is 11.7 Å². The summed E-state index contributed by atoms with van der Waals surface area (Å²) >= 11 is 6.49. The fourth-order valence-corrected chi connectivity index (χ4v) is 2.16. The first-order valence-corrected chi connectivity index (χ1v) is 6.96. The summed E-state index contributed by atoms with van der Waals surface area (Å²) in [4.78, 5) is 15.8. The van der Waals surface area contributed by atoms with Crippen molar-refractivity contribution in [3.8, 4) is 0 Å². The predicted molar refractivity (Wildman–Crippen MR) is 73.7 cm³/mol. The molecule has 0 spiro atoms. The van der Waals surface area contributed by atoms with Gasteiger partial charge < -0.3 is 14.9 Å². The number of hydrogen-bond acceptors (Lipinski definition) is 6. The number of alkyl halides is 1. The summed E-state index contributed by atoms with van der Waals surface area (Å²) in [6, 6.07) is 0. The van der Waals surface area contributed by atoms with E-state index in [9.17, 15) is 15.0 Å². The average Bonchev–Trinajstić information content (AvgIpc) is 2.72. The summed E-state index contributed by atoms with van der Waals surface area (Å²) in [6.07, 6.45) is -1.45. The van der Waals surface area contributed by atoms with Gasteiger partial charge in [0.2, 0.25) is 0 Å². The molecular formula is C11H17ClN2O4S. The zero-order valence-electron chi connectivity index (χ0n) is 10.9. The van der Waals surface area contributed by atoms with Crippen LogP contribution in [0.1, 0.15) is 31.8 Å². The number of rotatable bonds is 4. The molecule has 3 N–H and O–H groups in total. The van der Waals surface area contributed by atoms with Gasteiger partial charge in [0.15, 0.2) is 5.13 Å². The average molecular weight is 309 g/mol. The fraction of sp³-hybridized carbons (Fsp3) is 0.636. The van der Waals surface area contributed by atoms with Gasteiger partial charge in [-0.3, -0.25) is 5.32 Å². The Balaban J connectivity index is 2.63. The van der Waals surface area contributed by atoms with Crippen LogP contribution >= 0.6 is 22.9 Å². The van der Waals surface area contributed by atoms with Gasteiger partial charge in [-0.1, -0.05) is 11.3 Å². The molecule has 0 aliphatic heterocycles. The molecule has 0 saturated carbocycles. The van der Waals surface area contributed by atoms with Crippen LogP contribution in [0.15, 0.2) is 6.20 Å². The minimum absolute atomic E-state index is 0.0894. The maximum Gasteiger partial charge on any atom is 0.413 e. The van der Waals surface area contributed by atoms with E-state index in [1.807, 2.05) is 0 Å². The number of amides is 1.